The molecule has 1 aromatic heterocycles. The maximum absolute atomic E-state index is 12.3. The monoisotopic (exact) mass is 313 g/mol. The van der Waals surface area contributed by atoms with Gasteiger partial charge in [-0.2, -0.15) is 0 Å². The van der Waals surface area contributed by atoms with E-state index < -0.39 is 10.0 Å². The number of hydrogen-bond donors (Lipinski definition) is 2. The van der Waals surface area contributed by atoms with Gasteiger partial charge in [0.15, 0.2) is 5.03 Å². The average Bonchev–Trinajstić information content (AvgIpc) is 2.92. The van der Waals surface area contributed by atoms with Crippen LogP contribution >= 0.6 is 0 Å². The molecule has 1 fully saturated rings. The van der Waals surface area contributed by atoms with E-state index in [1.165, 1.54) is 0 Å². The molecule has 21 heavy (non-hydrogen) atoms. The highest BCUT2D eigenvalue weighted by molar-refractivity contribution is 7.89. The van der Waals surface area contributed by atoms with E-state index in [2.05, 4.69) is 15.0 Å². The molecule has 1 saturated carbocycles. The molecule has 0 spiro atoms. The normalized spacial score (nSPS) is 22.6. The van der Waals surface area contributed by atoms with Crippen LogP contribution in [0, 0.1) is 0 Å². The van der Waals surface area contributed by atoms with Gasteiger partial charge >= 0.3 is 0 Å². The number of nitrogens with one attached hydrogen (secondary N) is 2. The first-order chi connectivity index (χ1) is 10.1. The van der Waals surface area contributed by atoms with Gasteiger partial charge in [0.25, 0.3) is 10.0 Å². The molecule has 0 aliphatic heterocycles. The van der Waals surface area contributed by atoms with E-state index in [0.29, 0.717) is 6.54 Å². The van der Waals surface area contributed by atoms with Gasteiger partial charge in [-0.15, -0.1) is 0 Å². The molecule has 1 aromatic rings. The SMILES string of the molecule is CCNCc1ccc(S(=O)(=O)NC2CCCC2OC)nc1. The molecule has 0 radical (unpaired) electrons. The summed E-state index contributed by atoms with van der Waals surface area (Å²) in [5.74, 6) is 0. The standard InChI is InChI=1S/C14H23N3O3S/c1-3-15-9-11-7-8-14(16-10-11)21(18,19)17-12-5-4-6-13(12)20-2/h7-8,10,12-13,15,17H,3-6,9H2,1-2H3. The van der Waals surface area contributed by atoms with Crippen molar-refractivity contribution in [3.05, 3.63) is 23.9 Å². The number of methoxy groups -OCH3 is 1. The minimum absolute atomic E-state index is 0.0483. The lowest BCUT2D eigenvalue weighted by Gasteiger charge is -2.19. The van der Waals surface area contributed by atoms with Crippen molar-refractivity contribution in [3.8, 4) is 0 Å². The lowest BCUT2D eigenvalue weighted by molar-refractivity contribution is 0.0916. The lowest BCUT2D eigenvalue weighted by Crippen LogP contribution is -2.40. The second-order valence-electron chi connectivity index (χ2n) is 5.22. The third-order valence-electron chi connectivity index (χ3n) is 3.71. The number of pyridine rings is 1. The topological polar surface area (TPSA) is 80.3 Å². The Balaban J connectivity index is 2.05. The number of rotatable bonds is 7. The summed E-state index contributed by atoms with van der Waals surface area (Å²) in [7, 11) is -1.97. The Labute approximate surface area is 126 Å². The zero-order valence-corrected chi connectivity index (χ0v) is 13.3. The maximum atomic E-state index is 12.3. The quantitative estimate of drug-likeness (QED) is 0.786. The van der Waals surface area contributed by atoms with E-state index in [-0.39, 0.29) is 17.2 Å². The van der Waals surface area contributed by atoms with Gasteiger partial charge in [-0.3, -0.25) is 0 Å². The number of hydrogen-bond acceptors (Lipinski definition) is 5. The molecule has 7 heteroatoms. The molecule has 2 atom stereocenters. The molecular formula is C14H23N3O3S. The fourth-order valence-electron chi connectivity index (χ4n) is 2.55. The fraction of sp³-hybridized carbons (Fsp3) is 0.643. The van der Waals surface area contributed by atoms with Gasteiger partial charge in [-0.05, 0) is 37.4 Å². The molecule has 6 nitrogen and oxygen atoms in total. The van der Waals surface area contributed by atoms with E-state index >= 15 is 0 Å². The van der Waals surface area contributed by atoms with Crippen LogP contribution < -0.4 is 10.0 Å². The summed E-state index contributed by atoms with van der Waals surface area (Å²) in [5, 5.41) is 3.23. The van der Waals surface area contributed by atoms with Crippen molar-refractivity contribution in [1.82, 2.24) is 15.0 Å². The largest absolute Gasteiger partial charge is 0.380 e. The molecular weight excluding hydrogens is 290 g/mol. The molecule has 0 aromatic carbocycles. The van der Waals surface area contributed by atoms with Gasteiger partial charge in [0, 0.05) is 25.9 Å². The number of sulfonamides is 1. The average molecular weight is 313 g/mol. The Morgan fingerprint density at radius 2 is 2.19 bits per heavy atom. The van der Waals surface area contributed by atoms with Crippen LogP contribution in [0.15, 0.2) is 23.4 Å². The molecule has 2 unspecified atom stereocenters. The number of aromatic nitrogens is 1. The van der Waals surface area contributed by atoms with Gasteiger partial charge in [0.1, 0.15) is 0 Å². The van der Waals surface area contributed by atoms with Crippen molar-refractivity contribution in [2.75, 3.05) is 13.7 Å². The van der Waals surface area contributed by atoms with Crippen LogP contribution in [-0.4, -0.2) is 39.2 Å². The van der Waals surface area contributed by atoms with Crippen LogP contribution in [0.25, 0.3) is 0 Å². The molecule has 0 bridgehead atoms. The van der Waals surface area contributed by atoms with E-state index in [1.807, 2.05) is 6.92 Å². The van der Waals surface area contributed by atoms with Crippen LogP contribution in [0.3, 0.4) is 0 Å². The summed E-state index contributed by atoms with van der Waals surface area (Å²) < 4.78 is 32.7. The molecule has 118 valence electrons. The smallest absolute Gasteiger partial charge is 0.258 e. The highest BCUT2D eigenvalue weighted by atomic mass is 32.2. The Morgan fingerprint density at radius 1 is 1.38 bits per heavy atom. The number of nitrogens with zero attached hydrogens (tertiary/aromatic N) is 1. The summed E-state index contributed by atoms with van der Waals surface area (Å²) in [6.45, 7) is 3.57. The van der Waals surface area contributed by atoms with E-state index in [0.717, 1.165) is 31.4 Å². The minimum Gasteiger partial charge on any atom is -0.380 e. The van der Waals surface area contributed by atoms with Crippen molar-refractivity contribution in [2.45, 2.75) is 49.9 Å². The second kappa shape index (κ2) is 7.31. The van der Waals surface area contributed by atoms with Crippen molar-refractivity contribution >= 4 is 10.0 Å². The molecule has 2 N–H and O–H groups in total. The summed E-state index contributed by atoms with van der Waals surface area (Å²) in [6.07, 6.45) is 4.21. The molecule has 2 rings (SSSR count). The molecule has 1 aliphatic carbocycles. The van der Waals surface area contributed by atoms with Crippen LogP contribution in [-0.2, 0) is 21.3 Å². The highest BCUT2D eigenvalue weighted by Gasteiger charge is 2.31. The summed E-state index contributed by atoms with van der Waals surface area (Å²) in [6, 6.07) is 3.17. The van der Waals surface area contributed by atoms with Gasteiger partial charge < -0.3 is 10.1 Å². The molecule has 0 amide bonds. The molecule has 1 heterocycles. The van der Waals surface area contributed by atoms with Crippen molar-refractivity contribution in [1.29, 1.82) is 0 Å². The van der Waals surface area contributed by atoms with Crippen LogP contribution in [0.5, 0.6) is 0 Å². The first-order valence-electron chi connectivity index (χ1n) is 7.27. The van der Waals surface area contributed by atoms with Gasteiger partial charge in [-0.25, -0.2) is 18.1 Å². The van der Waals surface area contributed by atoms with Gasteiger partial charge in [0.05, 0.1) is 6.10 Å². The Kier molecular flexibility index (Phi) is 5.69. The highest BCUT2D eigenvalue weighted by Crippen LogP contribution is 2.23. The number of ether oxygens (including phenoxy) is 1. The Hall–Kier alpha value is -1.02. The summed E-state index contributed by atoms with van der Waals surface area (Å²) in [4.78, 5) is 4.06. The van der Waals surface area contributed by atoms with Gasteiger partial charge in [0.2, 0.25) is 0 Å². The Bertz CT molecular complexity index is 545. The zero-order valence-electron chi connectivity index (χ0n) is 12.5. The fourth-order valence-corrected chi connectivity index (χ4v) is 3.77. The zero-order chi connectivity index (χ0) is 15.3. The van der Waals surface area contributed by atoms with Crippen molar-refractivity contribution in [3.63, 3.8) is 0 Å². The predicted octanol–water partition coefficient (Wildman–Crippen LogP) is 1.04. The van der Waals surface area contributed by atoms with E-state index in [4.69, 9.17) is 4.74 Å². The van der Waals surface area contributed by atoms with Crippen LogP contribution in [0.2, 0.25) is 0 Å². The van der Waals surface area contributed by atoms with Gasteiger partial charge in [-0.1, -0.05) is 13.0 Å². The van der Waals surface area contributed by atoms with Crippen molar-refractivity contribution < 1.29 is 13.2 Å². The third kappa shape index (κ3) is 4.23. The second-order valence-corrected chi connectivity index (χ2v) is 6.88. The predicted molar refractivity (Wildman–Crippen MR) is 80.4 cm³/mol. The van der Waals surface area contributed by atoms with E-state index in [9.17, 15) is 8.42 Å². The summed E-state index contributed by atoms with van der Waals surface area (Å²) in [5.41, 5.74) is 0.964. The van der Waals surface area contributed by atoms with Crippen LogP contribution in [0.4, 0.5) is 0 Å². The molecule has 1 aliphatic rings. The molecule has 0 saturated heterocycles. The lowest BCUT2D eigenvalue weighted by atomic mass is 10.2. The first-order valence-corrected chi connectivity index (χ1v) is 8.76. The van der Waals surface area contributed by atoms with E-state index in [1.54, 1.807) is 25.4 Å². The van der Waals surface area contributed by atoms with Crippen molar-refractivity contribution in [2.24, 2.45) is 0 Å². The van der Waals surface area contributed by atoms with Crippen LogP contribution in [0.1, 0.15) is 31.7 Å². The first kappa shape index (κ1) is 16.4. The Morgan fingerprint density at radius 3 is 2.81 bits per heavy atom. The maximum Gasteiger partial charge on any atom is 0.258 e. The summed E-state index contributed by atoms with van der Waals surface area (Å²) >= 11 is 0. The minimum atomic E-state index is -3.59. The third-order valence-corrected chi connectivity index (χ3v) is 5.12.